The summed E-state index contributed by atoms with van der Waals surface area (Å²) in [7, 11) is 2.71. The van der Waals surface area contributed by atoms with Crippen molar-refractivity contribution in [3.63, 3.8) is 0 Å². The lowest BCUT2D eigenvalue weighted by atomic mass is 10.2. The molecule has 0 aliphatic carbocycles. The van der Waals surface area contributed by atoms with Crippen LogP contribution >= 0.6 is 0 Å². The van der Waals surface area contributed by atoms with E-state index < -0.39 is 23.5 Å². The summed E-state index contributed by atoms with van der Waals surface area (Å²) in [6.45, 7) is 1.60. The fraction of sp³-hybridized carbons (Fsp3) is 0.571. The molecule has 0 N–H and O–H groups in total. The van der Waals surface area contributed by atoms with Gasteiger partial charge in [-0.25, -0.2) is 18.6 Å². The zero-order chi connectivity index (χ0) is 17.3. The van der Waals surface area contributed by atoms with Crippen LogP contribution in [0.15, 0.2) is 9.59 Å². The first-order chi connectivity index (χ1) is 10.8. The predicted octanol–water partition coefficient (Wildman–Crippen LogP) is 1.13. The van der Waals surface area contributed by atoms with Gasteiger partial charge in [-0.3, -0.25) is 13.9 Å². The highest BCUT2D eigenvalue weighted by atomic mass is 19.3. The van der Waals surface area contributed by atoms with E-state index in [2.05, 4.69) is 4.98 Å². The molecule has 2 rings (SSSR count). The van der Waals surface area contributed by atoms with Gasteiger partial charge in [0.2, 0.25) is 0 Å². The zero-order valence-electron chi connectivity index (χ0n) is 13.2. The van der Waals surface area contributed by atoms with Gasteiger partial charge in [0, 0.05) is 27.1 Å². The monoisotopic (exact) mass is 328 g/mol. The number of nitrogens with zero attached hydrogens (tertiary/aromatic N) is 4. The summed E-state index contributed by atoms with van der Waals surface area (Å²) in [5, 5.41) is 0. The number of carbonyl (C=O) groups excluding carboxylic acids is 1. The van der Waals surface area contributed by atoms with E-state index in [-0.39, 0.29) is 23.5 Å². The molecular weight excluding hydrogens is 310 g/mol. The maximum Gasteiger partial charge on any atom is 0.332 e. The summed E-state index contributed by atoms with van der Waals surface area (Å²) < 4.78 is 29.0. The molecule has 126 valence electrons. The Kier molecular flexibility index (Phi) is 4.76. The molecule has 0 atom stereocenters. The number of imidazole rings is 1. The Morgan fingerprint density at radius 1 is 1.17 bits per heavy atom. The number of aromatic nitrogens is 4. The highest BCUT2D eigenvalue weighted by Crippen LogP contribution is 2.20. The van der Waals surface area contributed by atoms with Crippen LogP contribution in [0.25, 0.3) is 11.2 Å². The fourth-order valence-corrected chi connectivity index (χ4v) is 2.50. The number of halogens is 2. The Morgan fingerprint density at radius 3 is 2.39 bits per heavy atom. The molecule has 0 unspecified atom stereocenters. The minimum Gasteiger partial charge on any atom is -0.320 e. The largest absolute Gasteiger partial charge is 0.332 e. The first kappa shape index (κ1) is 17.0. The number of Topliss-reactive ketones (excluding diaryl/α,β-unsaturated/α-hetero) is 1. The molecule has 2 aromatic heterocycles. The lowest BCUT2D eigenvalue weighted by Gasteiger charge is -2.08. The van der Waals surface area contributed by atoms with E-state index in [1.807, 2.05) is 0 Å². The molecule has 2 heterocycles. The van der Waals surface area contributed by atoms with E-state index in [1.165, 1.54) is 21.0 Å². The number of hydrogen-bond acceptors (Lipinski definition) is 4. The van der Waals surface area contributed by atoms with Crippen LogP contribution in [0.2, 0.25) is 0 Å². The standard InChI is InChI=1S/C14H18F2N4O3/c1-8(21)6-4-5-7-20-13(22)9-11(19(3)14(20)23)17-12(10(15)16)18(9)2/h10H,4-7H2,1-3H3. The van der Waals surface area contributed by atoms with Gasteiger partial charge >= 0.3 is 5.69 Å². The molecule has 2 aromatic rings. The van der Waals surface area contributed by atoms with Crippen molar-refractivity contribution >= 4 is 16.9 Å². The van der Waals surface area contributed by atoms with Crippen molar-refractivity contribution in [2.45, 2.75) is 39.2 Å². The fourth-order valence-electron chi connectivity index (χ4n) is 2.50. The first-order valence-corrected chi connectivity index (χ1v) is 7.19. The van der Waals surface area contributed by atoms with Crippen molar-refractivity contribution in [2.24, 2.45) is 14.1 Å². The van der Waals surface area contributed by atoms with Crippen molar-refractivity contribution in [2.75, 3.05) is 0 Å². The third kappa shape index (κ3) is 3.08. The number of rotatable bonds is 6. The molecule has 0 spiro atoms. The highest BCUT2D eigenvalue weighted by molar-refractivity contribution is 5.75. The predicted molar refractivity (Wildman–Crippen MR) is 79.7 cm³/mol. The Morgan fingerprint density at radius 2 is 1.83 bits per heavy atom. The molecule has 0 radical (unpaired) electrons. The smallest absolute Gasteiger partial charge is 0.320 e. The minimum atomic E-state index is -2.84. The van der Waals surface area contributed by atoms with Gasteiger partial charge in [0.25, 0.3) is 12.0 Å². The Bertz CT molecular complexity index is 864. The van der Waals surface area contributed by atoms with Gasteiger partial charge in [-0.05, 0) is 19.8 Å². The summed E-state index contributed by atoms with van der Waals surface area (Å²) in [4.78, 5) is 39.3. The van der Waals surface area contributed by atoms with Crippen LogP contribution in [0.3, 0.4) is 0 Å². The zero-order valence-corrected chi connectivity index (χ0v) is 13.2. The van der Waals surface area contributed by atoms with Crippen LogP contribution < -0.4 is 11.2 Å². The van der Waals surface area contributed by atoms with Crippen molar-refractivity contribution in [1.29, 1.82) is 0 Å². The Hall–Kier alpha value is -2.32. The number of fused-ring (bicyclic) bond motifs is 1. The number of unbranched alkanes of at least 4 members (excludes halogenated alkanes) is 1. The molecule has 0 bridgehead atoms. The van der Waals surface area contributed by atoms with Crippen LogP contribution in [-0.4, -0.2) is 24.5 Å². The van der Waals surface area contributed by atoms with Gasteiger partial charge in [0.05, 0.1) is 0 Å². The third-order valence-electron chi connectivity index (χ3n) is 3.75. The average Bonchev–Trinajstić information content (AvgIpc) is 2.82. The molecule has 23 heavy (non-hydrogen) atoms. The molecule has 0 fully saturated rings. The SMILES string of the molecule is CC(=O)CCCCn1c(=O)c2c(nc(C(F)F)n2C)n(C)c1=O. The lowest BCUT2D eigenvalue weighted by molar-refractivity contribution is -0.117. The number of aryl methyl sites for hydroxylation is 2. The molecule has 0 aliphatic rings. The highest BCUT2D eigenvalue weighted by Gasteiger charge is 2.22. The maximum atomic E-state index is 12.9. The Labute approximate surface area is 130 Å². The molecule has 0 amide bonds. The summed E-state index contributed by atoms with van der Waals surface area (Å²) in [5.74, 6) is -0.518. The van der Waals surface area contributed by atoms with E-state index in [9.17, 15) is 23.2 Å². The van der Waals surface area contributed by atoms with Gasteiger partial charge in [0.15, 0.2) is 17.0 Å². The summed E-state index contributed by atoms with van der Waals surface area (Å²) >= 11 is 0. The van der Waals surface area contributed by atoms with E-state index >= 15 is 0 Å². The van der Waals surface area contributed by atoms with Gasteiger partial charge in [-0.2, -0.15) is 0 Å². The molecule has 0 saturated heterocycles. The Balaban J connectivity index is 2.50. The van der Waals surface area contributed by atoms with Crippen molar-refractivity contribution < 1.29 is 13.6 Å². The van der Waals surface area contributed by atoms with Gasteiger partial charge in [-0.1, -0.05) is 0 Å². The lowest BCUT2D eigenvalue weighted by Crippen LogP contribution is -2.39. The van der Waals surface area contributed by atoms with Gasteiger partial charge in [-0.15, -0.1) is 0 Å². The number of alkyl halides is 2. The summed E-state index contributed by atoms with van der Waals surface area (Å²) in [5.41, 5.74) is -1.34. The second kappa shape index (κ2) is 6.43. The van der Waals surface area contributed by atoms with E-state index in [4.69, 9.17) is 0 Å². The summed E-state index contributed by atoms with van der Waals surface area (Å²) in [6, 6.07) is 0. The van der Waals surface area contributed by atoms with E-state index in [0.29, 0.717) is 19.3 Å². The average molecular weight is 328 g/mol. The van der Waals surface area contributed by atoms with Gasteiger partial charge in [0.1, 0.15) is 5.78 Å². The summed E-state index contributed by atoms with van der Waals surface area (Å²) in [6.07, 6.45) is -1.44. The van der Waals surface area contributed by atoms with Crippen molar-refractivity contribution in [3.8, 4) is 0 Å². The quantitative estimate of drug-likeness (QED) is 0.745. The third-order valence-corrected chi connectivity index (χ3v) is 3.75. The van der Waals surface area contributed by atoms with Crippen molar-refractivity contribution in [1.82, 2.24) is 18.7 Å². The molecule has 9 heteroatoms. The van der Waals surface area contributed by atoms with Crippen LogP contribution in [-0.2, 0) is 25.4 Å². The second-order valence-electron chi connectivity index (χ2n) is 5.46. The number of hydrogen-bond donors (Lipinski definition) is 0. The van der Waals surface area contributed by atoms with E-state index in [0.717, 1.165) is 13.7 Å². The topological polar surface area (TPSA) is 78.9 Å². The second-order valence-corrected chi connectivity index (χ2v) is 5.46. The molecule has 7 nitrogen and oxygen atoms in total. The minimum absolute atomic E-state index is 0.0334. The first-order valence-electron chi connectivity index (χ1n) is 7.19. The molecule has 0 aliphatic heterocycles. The normalized spacial score (nSPS) is 11.6. The van der Waals surface area contributed by atoms with Crippen LogP contribution in [0.5, 0.6) is 0 Å². The number of ketones is 1. The molecule has 0 aromatic carbocycles. The van der Waals surface area contributed by atoms with Crippen LogP contribution in [0.4, 0.5) is 8.78 Å². The number of carbonyl (C=O) groups is 1. The van der Waals surface area contributed by atoms with Crippen molar-refractivity contribution in [3.05, 3.63) is 26.7 Å². The van der Waals surface area contributed by atoms with Gasteiger partial charge < -0.3 is 9.36 Å². The molecular formula is C14H18F2N4O3. The van der Waals surface area contributed by atoms with E-state index in [1.54, 1.807) is 0 Å². The van der Waals surface area contributed by atoms with Crippen LogP contribution in [0, 0.1) is 0 Å². The maximum absolute atomic E-state index is 12.9. The van der Waals surface area contributed by atoms with Crippen LogP contribution in [0.1, 0.15) is 38.4 Å². The molecule has 0 saturated carbocycles.